The van der Waals surface area contributed by atoms with E-state index in [1.807, 2.05) is 6.20 Å². The highest BCUT2D eigenvalue weighted by Gasteiger charge is 2.41. The van der Waals surface area contributed by atoms with Crippen LogP contribution in [0.1, 0.15) is 69.5 Å². The summed E-state index contributed by atoms with van der Waals surface area (Å²) in [5, 5.41) is 18.4. The molecule has 10 nitrogen and oxygen atoms in total. The molecule has 4 unspecified atom stereocenters. The molecule has 3 aliphatic heterocycles. The molecule has 4 aliphatic rings. The standard InChI is InChI=1S/C31H41ClFN9O/c1-18-4-3-5-26(22-12-20(10-11-34-22)31-24(35-14-18)15-37-40(31)2)41-17-36-23(13-28(41)43)29-27(9-8-21(32)30(29)33)42-16-25(38-39-42)19-6-7-19/h8-9,13,16-20,22,24,26,31,34-35,37H,3-7,10-12,14-15H2,1-2H3/t18-,20?,22?,24?,26+,31?/m1/s1. The van der Waals surface area contributed by atoms with Crippen molar-refractivity contribution in [3.05, 3.63) is 57.6 Å². The number of aromatic nitrogens is 5. The Hall–Kier alpha value is -2.70. The molecule has 3 saturated heterocycles. The zero-order valence-corrected chi connectivity index (χ0v) is 25.6. The van der Waals surface area contributed by atoms with Crippen LogP contribution in [0, 0.1) is 17.7 Å². The molecule has 2 bridgehead atoms. The van der Waals surface area contributed by atoms with Gasteiger partial charge in [-0.2, -0.15) is 0 Å². The number of likely N-dealkylation sites (N-methyl/N-ethyl adjacent to an activating group) is 1. The van der Waals surface area contributed by atoms with Crippen molar-refractivity contribution in [2.24, 2.45) is 11.8 Å². The summed E-state index contributed by atoms with van der Waals surface area (Å²) < 4.78 is 19.0. The van der Waals surface area contributed by atoms with Gasteiger partial charge in [0.1, 0.15) is 0 Å². The Balaban J connectivity index is 1.22. The average molecular weight is 610 g/mol. The van der Waals surface area contributed by atoms with Crippen molar-refractivity contribution in [3.8, 4) is 16.9 Å². The number of hydrazine groups is 1. The van der Waals surface area contributed by atoms with Gasteiger partial charge >= 0.3 is 0 Å². The Morgan fingerprint density at radius 2 is 1.93 bits per heavy atom. The molecule has 230 valence electrons. The predicted octanol–water partition coefficient (Wildman–Crippen LogP) is 3.67. The summed E-state index contributed by atoms with van der Waals surface area (Å²) in [7, 11) is 2.15. The highest BCUT2D eigenvalue weighted by atomic mass is 35.5. The fourth-order valence-electron chi connectivity index (χ4n) is 7.56. The SMILES string of the molecule is C[C@@H]1CCC[C@H](n2cnc(-c3c(-n4cc(C5CC5)nn4)ccc(Cl)c3F)cc2=O)C2CC(CCN2)C2C(CNN2C)NC1. The molecule has 1 saturated carbocycles. The summed E-state index contributed by atoms with van der Waals surface area (Å²) in [4.78, 5) is 18.6. The zero-order valence-electron chi connectivity index (χ0n) is 24.8. The van der Waals surface area contributed by atoms with Crippen LogP contribution in [0.25, 0.3) is 16.9 Å². The van der Waals surface area contributed by atoms with Crippen LogP contribution in [0.3, 0.4) is 0 Å². The fourth-order valence-corrected chi connectivity index (χ4v) is 7.71. The monoisotopic (exact) mass is 609 g/mol. The minimum Gasteiger partial charge on any atom is -0.312 e. The lowest BCUT2D eigenvalue weighted by molar-refractivity contribution is 0.108. The van der Waals surface area contributed by atoms with Crippen molar-refractivity contribution in [1.29, 1.82) is 0 Å². The Bertz CT molecular complexity index is 1520. The highest BCUT2D eigenvalue weighted by Crippen LogP contribution is 2.40. The molecule has 0 amide bonds. The first-order chi connectivity index (χ1) is 20.9. The molecule has 12 heteroatoms. The summed E-state index contributed by atoms with van der Waals surface area (Å²) >= 11 is 6.24. The van der Waals surface area contributed by atoms with Gasteiger partial charge in [-0.3, -0.25) is 14.8 Å². The van der Waals surface area contributed by atoms with E-state index in [0.29, 0.717) is 35.5 Å². The number of nitrogens with one attached hydrogen (secondary N) is 3. The van der Waals surface area contributed by atoms with Crippen molar-refractivity contribution in [2.75, 3.05) is 26.7 Å². The van der Waals surface area contributed by atoms with E-state index in [4.69, 9.17) is 11.6 Å². The molecular formula is C31H41ClFN9O. The Morgan fingerprint density at radius 1 is 1.07 bits per heavy atom. The van der Waals surface area contributed by atoms with Gasteiger partial charge in [-0.05, 0) is 75.6 Å². The topological polar surface area (TPSA) is 105 Å². The van der Waals surface area contributed by atoms with E-state index in [9.17, 15) is 4.79 Å². The number of fused-ring (bicyclic) bond motifs is 4. The average Bonchev–Trinajstić information content (AvgIpc) is 3.61. The van der Waals surface area contributed by atoms with Gasteiger partial charge in [-0.25, -0.2) is 19.1 Å². The van der Waals surface area contributed by atoms with Crippen LogP contribution >= 0.6 is 11.6 Å². The number of hydrogen-bond acceptors (Lipinski definition) is 8. The second kappa shape index (κ2) is 12.0. The molecule has 4 fully saturated rings. The normalized spacial score (nSPS) is 30.4. The fraction of sp³-hybridized carbons (Fsp3) is 0.613. The quantitative estimate of drug-likeness (QED) is 0.412. The van der Waals surface area contributed by atoms with Gasteiger partial charge in [0.25, 0.3) is 5.56 Å². The van der Waals surface area contributed by atoms with Crippen molar-refractivity contribution >= 4 is 11.6 Å². The van der Waals surface area contributed by atoms with E-state index < -0.39 is 5.82 Å². The van der Waals surface area contributed by atoms with Crippen LogP contribution in [0.5, 0.6) is 0 Å². The van der Waals surface area contributed by atoms with E-state index >= 15 is 4.39 Å². The number of halogens is 2. The Labute approximate surface area is 256 Å². The van der Waals surface area contributed by atoms with Crippen LogP contribution in [-0.2, 0) is 0 Å². The first kappa shape index (κ1) is 29.0. The Kier molecular flexibility index (Phi) is 8.11. The number of benzene rings is 1. The van der Waals surface area contributed by atoms with Gasteiger partial charge < -0.3 is 10.6 Å². The third-order valence-electron chi connectivity index (χ3n) is 10.0. The second-order valence-electron chi connectivity index (χ2n) is 13.1. The van der Waals surface area contributed by atoms with Gasteiger partial charge in [0.15, 0.2) is 5.82 Å². The van der Waals surface area contributed by atoms with E-state index in [2.05, 4.69) is 50.3 Å². The maximum absolute atomic E-state index is 15.6. The lowest BCUT2D eigenvalue weighted by Gasteiger charge is -2.42. The third kappa shape index (κ3) is 5.78. The summed E-state index contributed by atoms with van der Waals surface area (Å²) in [6.45, 7) is 5.15. The summed E-state index contributed by atoms with van der Waals surface area (Å²) in [5.41, 5.74) is 5.10. The maximum atomic E-state index is 15.6. The summed E-state index contributed by atoms with van der Waals surface area (Å²) in [6.07, 6.45) is 10.7. The third-order valence-corrected chi connectivity index (χ3v) is 10.3. The largest absolute Gasteiger partial charge is 0.312 e. The molecule has 6 atom stereocenters. The van der Waals surface area contributed by atoms with Gasteiger partial charge in [0.2, 0.25) is 0 Å². The van der Waals surface area contributed by atoms with Crippen LogP contribution in [0.15, 0.2) is 35.5 Å². The van der Waals surface area contributed by atoms with E-state index in [1.54, 1.807) is 21.6 Å². The lowest BCUT2D eigenvalue weighted by atomic mass is 9.80. The van der Waals surface area contributed by atoms with Crippen LogP contribution in [0.2, 0.25) is 5.02 Å². The van der Waals surface area contributed by atoms with Gasteiger partial charge in [-0.15, -0.1) is 5.10 Å². The molecule has 2 aromatic heterocycles. The molecular weight excluding hydrogens is 569 g/mol. The van der Waals surface area contributed by atoms with Crippen molar-refractivity contribution in [3.63, 3.8) is 0 Å². The molecule has 43 heavy (non-hydrogen) atoms. The smallest absolute Gasteiger partial charge is 0.254 e. The predicted molar refractivity (Wildman–Crippen MR) is 164 cm³/mol. The van der Waals surface area contributed by atoms with Crippen LogP contribution < -0.4 is 21.6 Å². The minimum atomic E-state index is -0.624. The van der Waals surface area contributed by atoms with Gasteiger partial charge in [-0.1, -0.05) is 30.2 Å². The van der Waals surface area contributed by atoms with Crippen LogP contribution in [-0.4, -0.2) is 74.4 Å². The van der Waals surface area contributed by atoms with E-state index in [0.717, 1.165) is 70.3 Å². The van der Waals surface area contributed by atoms with Crippen molar-refractivity contribution in [2.45, 2.75) is 82.0 Å². The maximum Gasteiger partial charge on any atom is 0.254 e. The number of piperidine rings is 1. The van der Waals surface area contributed by atoms with Crippen LogP contribution in [0.4, 0.5) is 4.39 Å². The molecule has 1 aliphatic carbocycles. The number of hydrogen-bond donors (Lipinski definition) is 3. The number of rotatable bonds is 4. The summed E-state index contributed by atoms with van der Waals surface area (Å²) in [5.74, 6) is 0.820. The summed E-state index contributed by atoms with van der Waals surface area (Å²) in [6, 6.07) is 5.56. The molecule has 5 heterocycles. The zero-order chi connectivity index (χ0) is 29.7. The first-order valence-electron chi connectivity index (χ1n) is 15.8. The minimum absolute atomic E-state index is 0.0303. The molecule has 0 spiro atoms. The van der Waals surface area contributed by atoms with Gasteiger partial charge in [0.05, 0.1) is 46.2 Å². The second-order valence-corrected chi connectivity index (χ2v) is 13.5. The van der Waals surface area contributed by atoms with E-state index in [1.165, 1.54) is 12.1 Å². The van der Waals surface area contributed by atoms with Crippen molar-refractivity contribution < 1.29 is 4.39 Å². The molecule has 3 aromatic rings. The Morgan fingerprint density at radius 3 is 2.74 bits per heavy atom. The number of nitrogens with zero attached hydrogens (tertiary/aromatic N) is 6. The lowest BCUT2D eigenvalue weighted by Crippen LogP contribution is -2.54. The van der Waals surface area contributed by atoms with E-state index in [-0.39, 0.29) is 33.9 Å². The first-order valence-corrected chi connectivity index (χ1v) is 16.2. The van der Waals surface area contributed by atoms with Crippen molar-refractivity contribution in [1.82, 2.24) is 45.6 Å². The van der Waals surface area contributed by atoms with Gasteiger partial charge in [0, 0.05) is 43.7 Å². The molecule has 7 rings (SSSR count). The molecule has 1 aromatic carbocycles. The molecule has 0 radical (unpaired) electrons. The highest BCUT2D eigenvalue weighted by molar-refractivity contribution is 6.31. The molecule has 3 N–H and O–H groups in total.